The third-order valence-corrected chi connectivity index (χ3v) is 6.38. The fraction of sp³-hybridized carbons (Fsp3) is 0.179. The largest absolute Gasteiger partial charge is 0.493 e. The summed E-state index contributed by atoms with van der Waals surface area (Å²) < 4.78 is 11.2. The Hall–Kier alpha value is -3.88. The second-order valence-corrected chi connectivity index (χ2v) is 9.35. The second-order valence-electron chi connectivity index (χ2n) is 8.06. The predicted molar refractivity (Wildman–Crippen MR) is 151 cm³/mol. The highest BCUT2D eigenvalue weighted by Crippen LogP contribution is 2.29. The molecule has 0 aliphatic carbocycles. The van der Waals surface area contributed by atoms with Gasteiger partial charge in [-0.3, -0.25) is 4.79 Å². The zero-order valence-electron chi connectivity index (χ0n) is 20.5. The lowest BCUT2D eigenvalue weighted by Crippen LogP contribution is -2.17. The minimum Gasteiger partial charge on any atom is -0.493 e. The number of halogens is 1. The molecule has 9 heteroatoms. The molecule has 0 atom stereocenters. The number of aromatic nitrogens is 1. The van der Waals surface area contributed by atoms with E-state index in [4.69, 9.17) is 21.1 Å². The lowest BCUT2D eigenvalue weighted by atomic mass is 10.1. The zero-order chi connectivity index (χ0) is 26.0. The Kier molecular flexibility index (Phi) is 9.13. The van der Waals surface area contributed by atoms with Crippen LogP contribution in [0.25, 0.3) is 11.3 Å². The summed E-state index contributed by atoms with van der Waals surface area (Å²) in [7, 11) is 1.59. The summed E-state index contributed by atoms with van der Waals surface area (Å²) in [6, 6.07) is 20.2. The lowest BCUT2D eigenvalue weighted by molar-refractivity contribution is 0.0955. The number of hydrogen-bond acceptors (Lipinski definition) is 7. The first-order valence-corrected chi connectivity index (χ1v) is 13.0. The molecule has 1 amide bonds. The van der Waals surface area contributed by atoms with E-state index in [-0.39, 0.29) is 5.91 Å². The number of thiazole rings is 1. The van der Waals surface area contributed by atoms with Crippen LogP contribution in [0.4, 0.5) is 10.8 Å². The maximum Gasteiger partial charge on any atom is 0.271 e. The van der Waals surface area contributed by atoms with Crippen LogP contribution in [0.5, 0.6) is 11.5 Å². The number of methoxy groups -OCH3 is 1. The summed E-state index contributed by atoms with van der Waals surface area (Å²) in [4.78, 5) is 17.2. The molecule has 1 heterocycles. The monoisotopic (exact) mass is 534 g/mol. The van der Waals surface area contributed by atoms with Gasteiger partial charge in [0.1, 0.15) is 0 Å². The number of anilines is 2. The van der Waals surface area contributed by atoms with Crippen LogP contribution in [0.2, 0.25) is 5.02 Å². The van der Waals surface area contributed by atoms with Crippen molar-refractivity contribution in [2.45, 2.75) is 19.8 Å². The van der Waals surface area contributed by atoms with Gasteiger partial charge >= 0.3 is 0 Å². The minimum absolute atomic E-state index is 0.308. The van der Waals surface area contributed by atoms with E-state index in [2.05, 4.69) is 27.8 Å². The Balaban J connectivity index is 1.33. The average molecular weight is 535 g/mol. The van der Waals surface area contributed by atoms with Crippen molar-refractivity contribution in [2.24, 2.45) is 5.10 Å². The second kappa shape index (κ2) is 12.9. The van der Waals surface area contributed by atoms with Gasteiger partial charge in [0.05, 0.1) is 25.6 Å². The first-order valence-electron chi connectivity index (χ1n) is 11.8. The third kappa shape index (κ3) is 7.31. The fourth-order valence-electron chi connectivity index (χ4n) is 3.35. The van der Waals surface area contributed by atoms with E-state index < -0.39 is 0 Å². The van der Waals surface area contributed by atoms with E-state index in [1.807, 2.05) is 60.0 Å². The molecule has 7 nitrogen and oxygen atoms in total. The highest BCUT2D eigenvalue weighted by atomic mass is 35.5. The first kappa shape index (κ1) is 26.2. The number of amides is 1. The smallest absolute Gasteiger partial charge is 0.271 e. The van der Waals surface area contributed by atoms with Gasteiger partial charge in [0.2, 0.25) is 0 Å². The Morgan fingerprint density at radius 2 is 1.86 bits per heavy atom. The van der Waals surface area contributed by atoms with Crippen molar-refractivity contribution < 1.29 is 14.3 Å². The van der Waals surface area contributed by atoms with Gasteiger partial charge in [0.25, 0.3) is 5.91 Å². The number of hydrogen-bond donors (Lipinski definition) is 2. The summed E-state index contributed by atoms with van der Waals surface area (Å²) >= 11 is 7.44. The van der Waals surface area contributed by atoms with Crippen molar-refractivity contribution in [2.75, 3.05) is 19.0 Å². The molecule has 37 heavy (non-hydrogen) atoms. The summed E-state index contributed by atoms with van der Waals surface area (Å²) in [5.41, 5.74) is 6.48. The van der Waals surface area contributed by atoms with Crippen molar-refractivity contribution >= 4 is 45.9 Å². The van der Waals surface area contributed by atoms with Crippen molar-refractivity contribution in [3.63, 3.8) is 0 Å². The molecule has 0 spiro atoms. The number of hydrazone groups is 1. The minimum atomic E-state index is -0.308. The van der Waals surface area contributed by atoms with Crippen LogP contribution in [0, 0.1) is 0 Å². The molecule has 0 saturated heterocycles. The van der Waals surface area contributed by atoms with Gasteiger partial charge in [-0.05, 0) is 66.6 Å². The van der Waals surface area contributed by atoms with E-state index in [1.165, 1.54) is 11.3 Å². The molecule has 1 aromatic heterocycles. The molecule has 0 fully saturated rings. The number of benzene rings is 3. The number of rotatable bonds is 11. The van der Waals surface area contributed by atoms with Gasteiger partial charge in [-0.15, -0.1) is 11.3 Å². The molecular weight excluding hydrogens is 508 g/mol. The fourth-order valence-corrected chi connectivity index (χ4v) is 4.22. The topological polar surface area (TPSA) is 84.8 Å². The Labute approximate surface area is 225 Å². The molecule has 0 aliphatic rings. The molecule has 0 radical (unpaired) electrons. The molecule has 190 valence electrons. The zero-order valence-corrected chi connectivity index (χ0v) is 22.1. The molecule has 0 aliphatic heterocycles. The van der Waals surface area contributed by atoms with Gasteiger partial charge in [0, 0.05) is 27.2 Å². The SMILES string of the molecule is CCCCOc1ccc(/C=N\NC(=O)c2ccc(-c3csc(Nc4ccc(Cl)cc4)n3)cc2)cc1OC. The number of carbonyl (C=O) groups excluding carboxylic acids is 1. The van der Waals surface area contributed by atoms with Gasteiger partial charge < -0.3 is 14.8 Å². The highest BCUT2D eigenvalue weighted by Gasteiger charge is 2.09. The van der Waals surface area contributed by atoms with E-state index in [0.29, 0.717) is 28.7 Å². The molecule has 4 rings (SSSR count). The molecule has 3 aromatic carbocycles. The van der Waals surface area contributed by atoms with Crippen molar-refractivity contribution in [1.82, 2.24) is 10.4 Å². The van der Waals surface area contributed by atoms with E-state index in [1.54, 1.807) is 25.5 Å². The van der Waals surface area contributed by atoms with Crippen LogP contribution in [-0.2, 0) is 0 Å². The Morgan fingerprint density at radius 3 is 2.59 bits per heavy atom. The van der Waals surface area contributed by atoms with Gasteiger partial charge in [-0.2, -0.15) is 5.10 Å². The van der Waals surface area contributed by atoms with Crippen molar-refractivity contribution in [3.8, 4) is 22.8 Å². The third-order valence-electron chi connectivity index (χ3n) is 5.37. The summed E-state index contributed by atoms with van der Waals surface area (Å²) in [5.74, 6) is 0.999. The molecule has 0 bridgehead atoms. The number of unbranched alkanes of at least 4 members (excludes halogenated alkanes) is 1. The standard InChI is InChI=1S/C28H27ClN4O3S/c1-3-4-15-36-25-14-5-19(16-26(25)35-2)17-30-33-27(34)21-8-6-20(7-9-21)24-18-37-28(32-24)31-23-12-10-22(29)11-13-23/h5-14,16-18H,3-4,15H2,1-2H3,(H,31,32)(H,33,34)/b30-17-. The van der Waals surface area contributed by atoms with Crippen molar-refractivity contribution in [1.29, 1.82) is 0 Å². The normalized spacial score (nSPS) is 10.9. The van der Waals surface area contributed by atoms with Crippen LogP contribution in [0.1, 0.15) is 35.7 Å². The van der Waals surface area contributed by atoms with E-state index in [9.17, 15) is 4.79 Å². The Bertz CT molecular complexity index is 1350. The summed E-state index contributed by atoms with van der Waals surface area (Å²) in [6.45, 7) is 2.75. The summed E-state index contributed by atoms with van der Waals surface area (Å²) in [6.07, 6.45) is 3.60. The lowest BCUT2D eigenvalue weighted by Gasteiger charge is -2.10. The van der Waals surface area contributed by atoms with Crippen LogP contribution < -0.4 is 20.2 Å². The van der Waals surface area contributed by atoms with Crippen LogP contribution in [-0.4, -0.2) is 30.8 Å². The molecule has 2 N–H and O–H groups in total. The van der Waals surface area contributed by atoms with E-state index >= 15 is 0 Å². The number of nitrogens with zero attached hydrogens (tertiary/aromatic N) is 2. The summed E-state index contributed by atoms with van der Waals surface area (Å²) in [5, 5.41) is 10.8. The highest BCUT2D eigenvalue weighted by molar-refractivity contribution is 7.14. The number of carbonyl (C=O) groups is 1. The molecule has 0 unspecified atom stereocenters. The number of nitrogens with one attached hydrogen (secondary N) is 2. The maximum absolute atomic E-state index is 12.5. The van der Waals surface area contributed by atoms with Gasteiger partial charge in [-0.1, -0.05) is 37.1 Å². The quantitative estimate of drug-likeness (QED) is 0.121. The maximum atomic E-state index is 12.5. The molecule has 0 saturated carbocycles. The van der Waals surface area contributed by atoms with Crippen LogP contribution in [0.3, 0.4) is 0 Å². The average Bonchev–Trinajstić information content (AvgIpc) is 3.39. The van der Waals surface area contributed by atoms with Crippen molar-refractivity contribution in [3.05, 3.63) is 88.3 Å². The van der Waals surface area contributed by atoms with Gasteiger partial charge in [0.15, 0.2) is 16.6 Å². The first-order chi connectivity index (χ1) is 18.1. The molecule has 4 aromatic rings. The van der Waals surface area contributed by atoms with E-state index in [0.717, 1.165) is 40.5 Å². The van der Waals surface area contributed by atoms with Crippen LogP contribution >= 0.6 is 22.9 Å². The number of ether oxygens (including phenoxy) is 2. The predicted octanol–water partition coefficient (Wildman–Crippen LogP) is 7.16. The molecular formula is C28H27ClN4O3S. The van der Waals surface area contributed by atoms with Gasteiger partial charge in [-0.25, -0.2) is 10.4 Å². The van der Waals surface area contributed by atoms with Crippen LogP contribution in [0.15, 0.2) is 77.2 Å². The Morgan fingerprint density at radius 1 is 1.08 bits per heavy atom.